The van der Waals surface area contributed by atoms with Gasteiger partial charge in [0.2, 0.25) is 0 Å². The average molecular weight is 386 g/mol. The summed E-state index contributed by atoms with van der Waals surface area (Å²) in [5, 5.41) is 0. The third-order valence-corrected chi connectivity index (χ3v) is 4.73. The minimum absolute atomic E-state index is 0.156. The predicted octanol–water partition coefficient (Wildman–Crippen LogP) is 1.90. The molecule has 8 heteroatoms. The van der Waals surface area contributed by atoms with E-state index in [1.807, 2.05) is 0 Å². The number of aryl methyl sites for hydroxylation is 1. The number of benzene rings is 1. The van der Waals surface area contributed by atoms with Crippen molar-refractivity contribution in [2.75, 3.05) is 6.26 Å². The van der Waals surface area contributed by atoms with Crippen molar-refractivity contribution in [3.63, 3.8) is 0 Å². The van der Waals surface area contributed by atoms with Crippen molar-refractivity contribution >= 4 is 21.5 Å². The lowest BCUT2D eigenvalue weighted by Crippen LogP contribution is -2.18. The fourth-order valence-electron chi connectivity index (χ4n) is 2.75. The van der Waals surface area contributed by atoms with E-state index >= 15 is 0 Å². The second kappa shape index (κ2) is 7.32. The van der Waals surface area contributed by atoms with Crippen molar-refractivity contribution in [1.29, 1.82) is 0 Å². The largest absolute Gasteiger partial charge is 0.456 e. The smallest absolute Gasteiger partial charge is 0.338 e. The first-order valence-corrected chi connectivity index (χ1v) is 10.2. The summed E-state index contributed by atoms with van der Waals surface area (Å²) in [4.78, 5) is 28.8. The highest BCUT2D eigenvalue weighted by Gasteiger charge is 2.12. The van der Waals surface area contributed by atoms with Gasteiger partial charge in [0.05, 0.1) is 17.0 Å². The van der Waals surface area contributed by atoms with Gasteiger partial charge in [-0.15, -0.1) is 0 Å². The van der Waals surface area contributed by atoms with E-state index in [2.05, 4.69) is 4.98 Å². The van der Waals surface area contributed by atoms with Gasteiger partial charge in [0, 0.05) is 18.0 Å². The van der Waals surface area contributed by atoms with E-state index in [-0.39, 0.29) is 23.5 Å². The number of carbonyl (C=O) groups excluding carboxylic acids is 1. The van der Waals surface area contributed by atoms with Gasteiger partial charge in [0.25, 0.3) is 5.56 Å². The van der Waals surface area contributed by atoms with Crippen LogP contribution in [-0.2, 0) is 26.9 Å². The van der Waals surface area contributed by atoms with E-state index in [0.717, 1.165) is 11.9 Å². The summed E-state index contributed by atoms with van der Waals surface area (Å²) in [6.07, 6.45) is 1.13. The number of hydrogen-bond acceptors (Lipinski definition) is 6. The number of carbonyl (C=O) groups is 1. The van der Waals surface area contributed by atoms with E-state index in [1.165, 1.54) is 16.5 Å². The molecule has 3 aromatic rings. The number of sulfone groups is 1. The van der Waals surface area contributed by atoms with Crippen LogP contribution in [-0.4, -0.2) is 30.0 Å². The van der Waals surface area contributed by atoms with Crippen LogP contribution in [0.5, 0.6) is 0 Å². The van der Waals surface area contributed by atoms with Gasteiger partial charge in [-0.3, -0.25) is 9.20 Å². The monoisotopic (exact) mass is 386 g/mol. The van der Waals surface area contributed by atoms with Gasteiger partial charge in [-0.2, -0.15) is 0 Å². The molecular formula is C19H18N2O5S. The molecule has 3 rings (SSSR count). The molecule has 0 aliphatic carbocycles. The molecule has 0 radical (unpaired) electrons. The molecule has 0 atom stereocenters. The van der Waals surface area contributed by atoms with E-state index in [0.29, 0.717) is 16.9 Å². The van der Waals surface area contributed by atoms with Crippen molar-refractivity contribution in [1.82, 2.24) is 9.38 Å². The summed E-state index contributed by atoms with van der Waals surface area (Å²) in [7, 11) is -3.20. The second-order valence-electron chi connectivity index (χ2n) is 6.29. The minimum Gasteiger partial charge on any atom is -0.456 e. The lowest BCUT2D eigenvalue weighted by molar-refractivity contribution is 0.0467. The zero-order valence-corrected chi connectivity index (χ0v) is 15.7. The Morgan fingerprint density at radius 3 is 2.63 bits per heavy atom. The molecule has 2 heterocycles. The Labute approximate surface area is 156 Å². The van der Waals surface area contributed by atoms with Gasteiger partial charge in [-0.05, 0) is 36.8 Å². The summed E-state index contributed by atoms with van der Waals surface area (Å²) >= 11 is 0. The van der Waals surface area contributed by atoms with E-state index in [1.54, 1.807) is 43.3 Å². The van der Waals surface area contributed by atoms with Crippen molar-refractivity contribution < 1.29 is 17.9 Å². The maximum Gasteiger partial charge on any atom is 0.338 e. The van der Waals surface area contributed by atoms with Crippen LogP contribution < -0.4 is 5.56 Å². The third kappa shape index (κ3) is 4.59. The Kier molecular flexibility index (Phi) is 5.09. The molecule has 0 spiro atoms. The molecular weight excluding hydrogens is 368 g/mol. The highest BCUT2D eigenvalue weighted by Crippen LogP contribution is 2.11. The fraction of sp³-hybridized carbons (Fsp3) is 0.211. The summed E-state index contributed by atoms with van der Waals surface area (Å²) < 4.78 is 29.5. The van der Waals surface area contributed by atoms with Gasteiger partial charge >= 0.3 is 5.97 Å². The first kappa shape index (κ1) is 18.8. The lowest BCUT2D eigenvalue weighted by Gasteiger charge is -2.08. The zero-order chi connectivity index (χ0) is 19.6. The van der Waals surface area contributed by atoms with Gasteiger partial charge in [0.15, 0.2) is 9.84 Å². The van der Waals surface area contributed by atoms with Crippen LogP contribution >= 0.6 is 0 Å². The van der Waals surface area contributed by atoms with E-state index in [4.69, 9.17) is 4.74 Å². The Morgan fingerprint density at radius 1 is 1.15 bits per heavy atom. The predicted molar refractivity (Wildman–Crippen MR) is 100 cm³/mol. The molecule has 2 aromatic heterocycles. The molecule has 7 nitrogen and oxygen atoms in total. The van der Waals surface area contributed by atoms with Gasteiger partial charge in [-0.1, -0.05) is 18.2 Å². The van der Waals surface area contributed by atoms with Crippen molar-refractivity contribution in [3.8, 4) is 0 Å². The highest BCUT2D eigenvalue weighted by atomic mass is 32.2. The topological polar surface area (TPSA) is 94.8 Å². The number of aromatic nitrogens is 2. The van der Waals surface area contributed by atoms with Crippen LogP contribution in [0, 0.1) is 6.92 Å². The van der Waals surface area contributed by atoms with Gasteiger partial charge in [-0.25, -0.2) is 18.2 Å². The number of hydrogen-bond donors (Lipinski definition) is 0. The number of rotatable bonds is 5. The fourth-order valence-corrected chi connectivity index (χ4v) is 3.54. The molecule has 0 saturated carbocycles. The van der Waals surface area contributed by atoms with E-state index < -0.39 is 15.8 Å². The minimum atomic E-state index is -3.20. The van der Waals surface area contributed by atoms with E-state index in [9.17, 15) is 18.0 Å². The molecule has 140 valence electrons. The first-order chi connectivity index (χ1) is 12.7. The molecule has 0 saturated heterocycles. The maximum absolute atomic E-state index is 12.3. The van der Waals surface area contributed by atoms with Gasteiger partial charge < -0.3 is 4.74 Å². The molecule has 0 bridgehead atoms. The van der Waals surface area contributed by atoms with Crippen LogP contribution in [0.1, 0.15) is 27.3 Å². The van der Waals surface area contributed by atoms with Crippen molar-refractivity contribution in [3.05, 3.63) is 81.4 Å². The standard InChI is InChI=1S/C19H18N2O5S/c1-13-5-3-8-17-20-16(10-18(22)21(13)17)11-26-19(23)15-7-4-6-14(9-15)12-27(2,24)25/h3-10H,11-12H2,1-2H3. The maximum atomic E-state index is 12.3. The third-order valence-electron chi connectivity index (χ3n) is 3.88. The normalized spacial score (nSPS) is 11.5. The Bertz CT molecular complexity index is 1180. The molecule has 0 amide bonds. The summed E-state index contributed by atoms with van der Waals surface area (Å²) in [5.41, 5.74) is 2.07. The highest BCUT2D eigenvalue weighted by molar-refractivity contribution is 7.89. The quantitative estimate of drug-likeness (QED) is 0.622. The Hall–Kier alpha value is -3.00. The molecule has 1 aromatic carbocycles. The number of fused-ring (bicyclic) bond motifs is 1. The van der Waals surface area contributed by atoms with Crippen LogP contribution in [0.4, 0.5) is 0 Å². The number of ether oxygens (including phenoxy) is 1. The summed E-state index contributed by atoms with van der Waals surface area (Å²) in [6, 6.07) is 12.9. The number of pyridine rings is 1. The van der Waals surface area contributed by atoms with Crippen LogP contribution in [0.15, 0.2) is 53.3 Å². The molecule has 0 aliphatic rings. The first-order valence-electron chi connectivity index (χ1n) is 8.15. The lowest BCUT2D eigenvalue weighted by atomic mass is 10.1. The Morgan fingerprint density at radius 2 is 1.89 bits per heavy atom. The summed E-state index contributed by atoms with van der Waals surface area (Å²) in [5.74, 6) is -0.771. The summed E-state index contributed by atoms with van der Waals surface area (Å²) in [6.45, 7) is 1.65. The number of esters is 1. The molecule has 0 N–H and O–H groups in total. The zero-order valence-electron chi connectivity index (χ0n) is 14.9. The van der Waals surface area contributed by atoms with Crippen LogP contribution in [0.3, 0.4) is 0 Å². The van der Waals surface area contributed by atoms with Crippen LogP contribution in [0.2, 0.25) is 0 Å². The molecule has 0 fully saturated rings. The SMILES string of the molecule is Cc1cccc2nc(COC(=O)c3cccc(CS(C)(=O)=O)c3)cc(=O)n12. The average Bonchev–Trinajstić information content (AvgIpc) is 2.58. The Balaban J connectivity index is 1.77. The van der Waals surface area contributed by atoms with Crippen molar-refractivity contribution in [2.45, 2.75) is 19.3 Å². The van der Waals surface area contributed by atoms with Gasteiger partial charge in [0.1, 0.15) is 12.3 Å². The molecule has 27 heavy (non-hydrogen) atoms. The van der Waals surface area contributed by atoms with Crippen LogP contribution in [0.25, 0.3) is 5.65 Å². The van der Waals surface area contributed by atoms with Crippen molar-refractivity contribution in [2.24, 2.45) is 0 Å². The second-order valence-corrected chi connectivity index (χ2v) is 8.43. The molecule has 0 aliphatic heterocycles. The molecule has 0 unspecified atom stereocenters. The number of nitrogens with zero attached hydrogens (tertiary/aromatic N) is 2.